The van der Waals surface area contributed by atoms with Gasteiger partial charge < -0.3 is 9.84 Å². The molecule has 2 heteroatoms. The molecule has 15 heavy (non-hydrogen) atoms. The summed E-state index contributed by atoms with van der Waals surface area (Å²) >= 11 is 0. The van der Waals surface area contributed by atoms with Crippen molar-refractivity contribution in [1.29, 1.82) is 0 Å². The van der Waals surface area contributed by atoms with Crippen molar-refractivity contribution in [2.45, 2.75) is 52.4 Å². The number of fused-ring (bicyclic) bond motifs is 2. The zero-order chi connectivity index (χ0) is 11.4. The van der Waals surface area contributed by atoms with Crippen LogP contribution in [-0.4, -0.2) is 22.9 Å². The molecule has 0 aromatic rings. The Kier molecular flexibility index (Phi) is 2.29. The van der Waals surface area contributed by atoms with Gasteiger partial charge >= 0.3 is 0 Å². The van der Waals surface area contributed by atoms with Crippen molar-refractivity contribution in [2.75, 3.05) is 0 Å². The van der Waals surface area contributed by atoms with E-state index in [1.807, 2.05) is 0 Å². The summed E-state index contributed by atoms with van der Waals surface area (Å²) in [5.74, 6) is 0.310. The summed E-state index contributed by atoms with van der Waals surface area (Å²) in [4.78, 5) is 0. The van der Waals surface area contributed by atoms with E-state index in [0.29, 0.717) is 0 Å². The van der Waals surface area contributed by atoms with Gasteiger partial charge in [0.15, 0.2) is 0 Å². The van der Waals surface area contributed by atoms with Crippen LogP contribution in [0, 0.1) is 17.3 Å². The van der Waals surface area contributed by atoms with E-state index < -0.39 is 5.60 Å². The summed E-state index contributed by atoms with van der Waals surface area (Å²) in [7, 11) is 0. The van der Waals surface area contributed by atoms with Crippen LogP contribution in [0.1, 0.15) is 34.6 Å². The minimum atomic E-state index is -0.649. The molecule has 2 rings (SSSR count). The van der Waals surface area contributed by atoms with E-state index in [0.717, 1.165) is 0 Å². The van der Waals surface area contributed by atoms with Crippen LogP contribution in [0.15, 0.2) is 12.2 Å². The fourth-order valence-corrected chi connectivity index (χ4v) is 3.34. The minimum Gasteiger partial charge on any atom is -0.389 e. The first-order valence-electron chi connectivity index (χ1n) is 5.84. The van der Waals surface area contributed by atoms with Gasteiger partial charge in [-0.15, -0.1) is 0 Å². The van der Waals surface area contributed by atoms with Gasteiger partial charge in [0.1, 0.15) is 0 Å². The Morgan fingerprint density at radius 2 is 1.47 bits per heavy atom. The molecule has 2 nitrogen and oxygen atoms in total. The van der Waals surface area contributed by atoms with Crippen molar-refractivity contribution in [1.82, 2.24) is 0 Å². The van der Waals surface area contributed by atoms with Gasteiger partial charge in [-0.1, -0.05) is 46.8 Å². The highest BCUT2D eigenvalue weighted by atomic mass is 16.5. The molecule has 1 N–H and O–H groups in total. The average molecular weight is 210 g/mol. The van der Waals surface area contributed by atoms with Gasteiger partial charge in [-0.2, -0.15) is 0 Å². The van der Waals surface area contributed by atoms with Gasteiger partial charge in [0.2, 0.25) is 0 Å². The van der Waals surface area contributed by atoms with Crippen molar-refractivity contribution in [3.8, 4) is 0 Å². The maximum absolute atomic E-state index is 11.0. The van der Waals surface area contributed by atoms with Crippen LogP contribution < -0.4 is 0 Å². The van der Waals surface area contributed by atoms with Crippen LogP contribution >= 0.6 is 0 Å². The standard InChI is InChI=1S/C13H22O2/c1-8-10-6-7-11(15-10)9(2)13(8,14)12(3,4)5/h6-11,14H,1-5H3/t8-,9+,10-,11+,13?. The lowest BCUT2D eigenvalue weighted by Gasteiger charge is -2.54. The monoisotopic (exact) mass is 210 g/mol. The second-order valence-corrected chi connectivity index (χ2v) is 6.10. The summed E-state index contributed by atoms with van der Waals surface area (Å²) in [5, 5.41) is 11.0. The molecule has 0 aliphatic carbocycles. The van der Waals surface area contributed by atoms with E-state index >= 15 is 0 Å². The molecule has 0 aromatic heterocycles. The lowest BCUT2D eigenvalue weighted by atomic mass is 9.60. The lowest BCUT2D eigenvalue weighted by molar-refractivity contribution is -0.225. The number of hydrogen-bond acceptors (Lipinski definition) is 2. The van der Waals surface area contributed by atoms with Crippen molar-refractivity contribution < 1.29 is 9.84 Å². The average Bonchev–Trinajstić information content (AvgIpc) is 2.56. The molecule has 5 atom stereocenters. The minimum absolute atomic E-state index is 0.0930. The first kappa shape index (κ1) is 11.2. The predicted octanol–water partition coefficient (Wildman–Crippen LogP) is 2.37. The summed E-state index contributed by atoms with van der Waals surface area (Å²) in [6.45, 7) is 10.5. The molecule has 1 saturated heterocycles. The maximum atomic E-state index is 11.0. The van der Waals surface area contributed by atoms with E-state index in [2.05, 4.69) is 46.8 Å². The first-order valence-corrected chi connectivity index (χ1v) is 5.84. The topological polar surface area (TPSA) is 29.5 Å². The predicted molar refractivity (Wildman–Crippen MR) is 60.5 cm³/mol. The molecular formula is C13H22O2. The third kappa shape index (κ3) is 1.31. The lowest BCUT2D eigenvalue weighted by Crippen LogP contribution is -2.61. The van der Waals surface area contributed by atoms with E-state index in [-0.39, 0.29) is 29.5 Å². The molecule has 1 unspecified atom stereocenters. The van der Waals surface area contributed by atoms with Crippen molar-refractivity contribution in [3.05, 3.63) is 12.2 Å². The molecule has 2 aliphatic rings. The van der Waals surface area contributed by atoms with Crippen LogP contribution in [0.3, 0.4) is 0 Å². The zero-order valence-corrected chi connectivity index (χ0v) is 10.3. The van der Waals surface area contributed by atoms with Crippen molar-refractivity contribution in [2.24, 2.45) is 17.3 Å². The molecule has 2 heterocycles. The largest absolute Gasteiger partial charge is 0.389 e. The highest BCUT2D eigenvalue weighted by molar-refractivity contribution is 5.18. The van der Waals surface area contributed by atoms with Gasteiger partial charge in [-0.3, -0.25) is 0 Å². The van der Waals surface area contributed by atoms with E-state index in [9.17, 15) is 5.11 Å². The SMILES string of the molecule is C[C@@H]1[C@H]2C=C[C@H](O2)[C@H](C)C1(O)C(C)(C)C. The molecule has 1 fully saturated rings. The van der Waals surface area contributed by atoms with Crippen molar-refractivity contribution in [3.63, 3.8) is 0 Å². The quantitative estimate of drug-likeness (QED) is 0.622. The molecule has 0 amide bonds. The highest BCUT2D eigenvalue weighted by Gasteiger charge is 2.57. The van der Waals surface area contributed by atoms with Gasteiger partial charge in [0, 0.05) is 11.8 Å². The number of hydrogen-bond donors (Lipinski definition) is 1. The Morgan fingerprint density at radius 1 is 1.07 bits per heavy atom. The Labute approximate surface area is 92.3 Å². The normalized spacial score (nSPS) is 49.7. The molecule has 0 spiro atoms. The summed E-state index contributed by atoms with van der Waals surface area (Å²) in [5.41, 5.74) is -0.762. The highest BCUT2D eigenvalue weighted by Crippen LogP contribution is 2.51. The van der Waals surface area contributed by atoms with E-state index in [1.165, 1.54) is 0 Å². The summed E-state index contributed by atoms with van der Waals surface area (Å²) in [6.07, 6.45) is 4.40. The van der Waals surface area contributed by atoms with Crippen LogP contribution in [0.25, 0.3) is 0 Å². The zero-order valence-electron chi connectivity index (χ0n) is 10.3. The number of aliphatic hydroxyl groups is 1. The Balaban J connectivity index is 2.41. The summed E-state index contributed by atoms with van der Waals surface area (Å²) in [6, 6.07) is 0. The smallest absolute Gasteiger partial charge is 0.0818 e. The number of ether oxygens (including phenoxy) is 1. The van der Waals surface area contributed by atoms with Crippen LogP contribution in [0.4, 0.5) is 0 Å². The fraction of sp³-hybridized carbons (Fsp3) is 0.846. The van der Waals surface area contributed by atoms with Crippen LogP contribution in [0.2, 0.25) is 0 Å². The molecule has 2 bridgehead atoms. The summed E-state index contributed by atoms with van der Waals surface area (Å²) < 4.78 is 5.84. The van der Waals surface area contributed by atoms with Gasteiger partial charge in [0.05, 0.1) is 17.8 Å². The third-order valence-electron chi connectivity index (χ3n) is 4.38. The second kappa shape index (κ2) is 3.08. The third-order valence-corrected chi connectivity index (χ3v) is 4.38. The second-order valence-electron chi connectivity index (χ2n) is 6.10. The molecule has 2 aliphatic heterocycles. The molecule has 86 valence electrons. The number of rotatable bonds is 0. The van der Waals surface area contributed by atoms with Gasteiger partial charge in [-0.25, -0.2) is 0 Å². The molecule has 0 radical (unpaired) electrons. The Morgan fingerprint density at radius 3 is 1.80 bits per heavy atom. The maximum Gasteiger partial charge on any atom is 0.0818 e. The van der Waals surface area contributed by atoms with Crippen LogP contribution in [-0.2, 0) is 4.74 Å². The Hall–Kier alpha value is -0.340. The van der Waals surface area contributed by atoms with Gasteiger partial charge in [0.25, 0.3) is 0 Å². The Bertz CT molecular complexity index is 269. The van der Waals surface area contributed by atoms with Gasteiger partial charge in [-0.05, 0) is 5.41 Å². The van der Waals surface area contributed by atoms with Crippen molar-refractivity contribution >= 4 is 0 Å². The first-order chi connectivity index (χ1) is 6.78. The van der Waals surface area contributed by atoms with Crippen LogP contribution in [0.5, 0.6) is 0 Å². The molecule has 0 saturated carbocycles. The fourth-order valence-electron chi connectivity index (χ4n) is 3.34. The van der Waals surface area contributed by atoms with E-state index in [1.54, 1.807) is 0 Å². The molecular weight excluding hydrogens is 188 g/mol. The molecule has 0 aromatic carbocycles. The van der Waals surface area contributed by atoms with E-state index in [4.69, 9.17) is 4.74 Å².